The van der Waals surface area contributed by atoms with E-state index in [0.717, 1.165) is 0 Å². The molecule has 10 N–H and O–H groups in total. The summed E-state index contributed by atoms with van der Waals surface area (Å²) in [5, 5.41) is 14.8. The van der Waals surface area contributed by atoms with Gasteiger partial charge >= 0.3 is 0 Å². The third-order valence-electron chi connectivity index (χ3n) is 0. The predicted molar refractivity (Wildman–Crippen MR) is 28.4 cm³/mol. The Morgan fingerprint density at radius 1 is 0.800 bits per heavy atom. The van der Waals surface area contributed by atoms with Crippen LogP contribution < -0.4 is 0 Å². The summed E-state index contributed by atoms with van der Waals surface area (Å²) in [6.07, 6.45) is 0. The van der Waals surface area contributed by atoms with Crippen molar-refractivity contribution in [1.29, 1.82) is 0 Å². The zero-order chi connectivity index (χ0) is 3.58. The Labute approximate surface area is 84.5 Å². The molecule has 0 aliphatic carbocycles. The van der Waals surface area contributed by atoms with Crippen LogP contribution >= 0.6 is 0 Å². The van der Waals surface area contributed by atoms with E-state index in [4.69, 9.17) is 15.3 Å². The summed E-state index contributed by atoms with van der Waals surface area (Å²) in [7, 11) is 0. The Morgan fingerprint density at radius 3 is 0.800 bits per heavy atom. The molecule has 10 heteroatoms. The molecule has 0 rings (SSSR count). The van der Waals surface area contributed by atoms with Gasteiger partial charge in [0, 0.05) is 36.9 Å². The van der Waals surface area contributed by atoms with Gasteiger partial charge in [-0.15, -0.1) is 0 Å². The summed E-state index contributed by atoms with van der Waals surface area (Å²) in [6, 6.07) is 0. The fourth-order valence-electron chi connectivity index (χ4n) is 0. The molecular formula is H10NO8Tm-. The number of hydrogen-bond donors (Lipinski definition) is 0. The predicted octanol–water partition coefficient (Wildman–Crippen LogP) is -4.36. The molecule has 1 radical (unpaired) electrons. The second kappa shape index (κ2) is 59.9. The van der Waals surface area contributed by atoms with E-state index in [2.05, 4.69) is 0 Å². The molecule has 10 heavy (non-hydrogen) atoms. The van der Waals surface area contributed by atoms with Crippen molar-refractivity contribution in [1.82, 2.24) is 0 Å². The van der Waals surface area contributed by atoms with Gasteiger partial charge in [0.15, 0.2) is 0 Å². The molecule has 0 spiro atoms. The van der Waals surface area contributed by atoms with Crippen molar-refractivity contribution < 1.29 is 69.3 Å². The maximum atomic E-state index is 8.25. The van der Waals surface area contributed by atoms with Gasteiger partial charge in [-0.3, -0.25) is 0 Å². The summed E-state index contributed by atoms with van der Waals surface area (Å²) >= 11 is 0. The van der Waals surface area contributed by atoms with Crippen LogP contribution in [0, 0.1) is 52.2 Å². The molecule has 0 fully saturated rings. The van der Waals surface area contributed by atoms with Gasteiger partial charge in [0.1, 0.15) is 0 Å². The molecule has 0 saturated heterocycles. The SMILES string of the molecule is O.O.O.O.O.O=[N+]([O-])[O-].[Tm]. The molecule has 0 unspecified atom stereocenters. The van der Waals surface area contributed by atoms with Gasteiger partial charge in [-0.1, -0.05) is 0 Å². The Balaban J connectivity index is -0.00000000300. The van der Waals surface area contributed by atoms with Gasteiger partial charge in [0.25, 0.3) is 0 Å². The van der Waals surface area contributed by atoms with Gasteiger partial charge < -0.3 is 42.7 Å². The van der Waals surface area contributed by atoms with Crippen molar-refractivity contribution in [2.24, 2.45) is 0 Å². The zero-order valence-corrected chi connectivity index (χ0v) is 6.23. The van der Waals surface area contributed by atoms with Crippen LogP contribution in [0.5, 0.6) is 0 Å². The van der Waals surface area contributed by atoms with Crippen molar-refractivity contribution in [2.75, 3.05) is 0 Å². The molecule has 0 amide bonds. The van der Waals surface area contributed by atoms with Crippen LogP contribution in [-0.4, -0.2) is 32.5 Å². The van der Waals surface area contributed by atoms with Crippen LogP contribution in [0.3, 0.4) is 0 Å². The summed E-state index contributed by atoms with van der Waals surface area (Å²) in [6.45, 7) is 0. The summed E-state index contributed by atoms with van der Waals surface area (Å²) < 4.78 is 0. The molecule has 0 aromatic heterocycles. The van der Waals surface area contributed by atoms with E-state index in [1.807, 2.05) is 0 Å². The largest absolute Gasteiger partial charge is 0.412 e. The monoisotopic (exact) mass is 321 g/mol. The average Bonchev–Trinajstić information content (AvgIpc) is 0.811. The van der Waals surface area contributed by atoms with Crippen LogP contribution in [0.4, 0.5) is 0 Å². The van der Waals surface area contributed by atoms with Crippen LogP contribution in [0.2, 0.25) is 0 Å². The van der Waals surface area contributed by atoms with Gasteiger partial charge in [-0.25, -0.2) is 0 Å². The minimum Gasteiger partial charge on any atom is -0.412 e. The fourth-order valence-corrected chi connectivity index (χ4v) is 0. The van der Waals surface area contributed by atoms with E-state index >= 15 is 0 Å². The molecule has 9 nitrogen and oxygen atoms in total. The number of nitrogens with zero attached hydrogens (tertiary/aromatic N) is 1. The van der Waals surface area contributed by atoms with Gasteiger partial charge in [-0.05, 0) is 0 Å². The average molecular weight is 321 g/mol. The van der Waals surface area contributed by atoms with Crippen molar-refractivity contribution in [3.63, 3.8) is 0 Å². The summed E-state index contributed by atoms with van der Waals surface area (Å²) in [5.41, 5.74) is 0. The minimum absolute atomic E-state index is 0. The minimum atomic E-state index is -1.75. The van der Waals surface area contributed by atoms with Gasteiger partial charge in [-0.2, -0.15) is 0 Å². The Hall–Kier alpha value is 0.234. The molecule has 0 aliphatic rings. The smallest absolute Gasteiger partial charge is 0.0689 e. The summed E-state index contributed by atoms with van der Waals surface area (Å²) in [5.74, 6) is 0. The molecule has 0 atom stereocenters. The topological polar surface area (TPSA) is 224 Å². The first-order valence-corrected chi connectivity index (χ1v) is 0.548. The maximum absolute atomic E-state index is 8.25. The summed E-state index contributed by atoms with van der Waals surface area (Å²) in [4.78, 5) is 8.25. The second-order valence-corrected chi connectivity index (χ2v) is 0.224. The van der Waals surface area contributed by atoms with Crippen molar-refractivity contribution in [3.8, 4) is 0 Å². The molecular weight excluding hydrogens is 311 g/mol. The second-order valence-electron chi connectivity index (χ2n) is 0.224. The quantitative estimate of drug-likeness (QED) is 0.318. The van der Waals surface area contributed by atoms with Gasteiger partial charge in [0.05, 0.1) is 5.09 Å². The van der Waals surface area contributed by atoms with E-state index in [9.17, 15) is 0 Å². The Kier molecular flexibility index (Phi) is 499. The first-order chi connectivity index (χ1) is 1.73. The molecule has 0 aromatic rings. The normalized spacial score (nSPS) is 2.40. The van der Waals surface area contributed by atoms with Crippen LogP contribution in [0.15, 0.2) is 0 Å². The standard InChI is InChI=1S/NO3.5H2O.Tm/c2-1(3)4;;;;;;/h;5*1H2;/q-1;;;;;;. The fraction of sp³-hybridized carbons (Fsp3) is 0. The van der Waals surface area contributed by atoms with E-state index in [1.165, 1.54) is 0 Å². The van der Waals surface area contributed by atoms with E-state index in [0.29, 0.717) is 0 Å². The molecule has 0 heterocycles. The molecule has 0 aromatic carbocycles. The van der Waals surface area contributed by atoms with E-state index in [-0.39, 0.29) is 64.3 Å². The van der Waals surface area contributed by atoms with Crippen LogP contribution in [0.1, 0.15) is 0 Å². The molecule has 0 aliphatic heterocycles. The van der Waals surface area contributed by atoms with Crippen LogP contribution in [0.25, 0.3) is 0 Å². The third kappa shape index (κ3) is 7880. The first kappa shape index (κ1) is 83.4. The van der Waals surface area contributed by atoms with Crippen LogP contribution in [-0.2, 0) is 0 Å². The third-order valence-corrected chi connectivity index (χ3v) is 0. The van der Waals surface area contributed by atoms with E-state index < -0.39 is 5.09 Å². The molecule has 0 bridgehead atoms. The molecule has 0 saturated carbocycles. The first-order valence-electron chi connectivity index (χ1n) is 0.548. The Bertz CT molecular complexity index is 32.2. The number of hydrogen-bond acceptors (Lipinski definition) is 3. The van der Waals surface area contributed by atoms with E-state index in [1.54, 1.807) is 0 Å². The van der Waals surface area contributed by atoms with Crippen molar-refractivity contribution in [2.45, 2.75) is 0 Å². The zero-order valence-electron chi connectivity index (χ0n) is 4.45. The maximum Gasteiger partial charge on any atom is 0.0689 e. The Morgan fingerprint density at radius 2 is 0.800 bits per heavy atom. The van der Waals surface area contributed by atoms with Crippen molar-refractivity contribution in [3.05, 3.63) is 15.3 Å². The van der Waals surface area contributed by atoms with Gasteiger partial charge in [0.2, 0.25) is 0 Å². The number of rotatable bonds is 0. The van der Waals surface area contributed by atoms with Crippen molar-refractivity contribution >= 4 is 0 Å². The molecule has 77 valence electrons.